The van der Waals surface area contributed by atoms with Gasteiger partial charge in [-0.05, 0) is 37.1 Å². The summed E-state index contributed by atoms with van der Waals surface area (Å²) in [5, 5.41) is 0. The van der Waals surface area contributed by atoms with E-state index in [2.05, 4.69) is 20.7 Å². The van der Waals surface area contributed by atoms with Crippen LogP contribution in [0.25, 0.3) is 0 Å². The summed E-state index contributed by atoms with van der Waals surface area (Å²) in [6, 6.07) is 6.53. The first-order chi connectivity index (χ1) is 8.97. The van der Waals surface area contributed by atoms with E-state index in [1.54, 1.807) is 24.3 Å². The van der Waals surface area contributed by atoms with Crippen LogP contribution in [0, 0.1) is 0 Å². The van der Waals surface area contributed by atoms with Gasteiger partial charge in [0.05, 0.1) is 10.4 Å². The van der Waals surface area contributed by atoms with E-state index in [1.165, 1.54) is 0 Å². The molecule has 4 nitrogen and oxygen atoms in total. The Bertz CT molecular complexity index is 526. The van der Waals surface area contributed by atoms with Crippen LogP contribution in [0.4, 0.5) is 0 Å². The summed E-state index contributed by atoms with van der Waals surface area (Å²) < 4.78 is 33.5. The van der Waals surface area contributed by atoms with Crippen LogP contribution in [0.3, 0.4) is 0 Å². The maximum Gasteiger partial charge on any atom is 0.241 e. The van der Waals surface area contributed by atoms with Gasteiger partial charge in [-0.25, -0.2) is 13.1 Å². The summed E-state index contributed by atoms with van der Waals surface area (Å²) in [5.74, 6) is 0.242. The van der Waals surface area contributed by atoms with Crippen LogP contribution in [-0.4, -0.2) is 33.1 Å². The molecular weight excluding hydrogens is 354 g/mol. The van der Waals surface area contributed by atoms with Crippen LogP contribution in [0.2, 0.25) is 0 Å². The van der Waals surface area contributed by atoms with E-state index < -0.39 is 15.6 Å². The molecule has 0 aliphatic carbocycles. The molecule has 1 aliphatic heterocycles. The third kappa shape index (κ3) is 3.70. The molecule has 0 bridgehead atoms. The first-order valence-electron chi connectivity index (χ1n) is 5.91. The van der Waals surface area contributed by atoms with Crippen molar-refractivity contribution in [2.75, 3.05) is 19.1 Å². The number of hydrogen-bond acceptors (Lipinski definition) is 3. The average molecular weight is 369 g/mol. The molecule has 1 aromatic carbocycles. The van der Waals surface area contributed by atoms with Gasteiger partial charge in [0.2, 0.25) is 10.0 Å². The molecule has 106 valence electrons. The molecule has 0 aromatic heterocycles. The van der Waals surface area contributed by atoms with Gasteiger partial charge in [-0.15, -0.1) is 11.6 Å². The van der Waals surface area contributed by atoms with Crippen LogP contribution in [0.15, 0.2) is 33.6 Å². The lowest BCUT2D eigenvalue weighted by Crippen LogP contribution is -2.53. The van der Waals surface area contributed by atoms with Crippen LogP contribution in [0.5, 0.6) is 0 Å². The molecule has 0 spiro atoms. The topological polar surface area (TPSA) is 55.4 Å². The fourth-order valence-electron chi connectivity index (χ4n) is 1.98. The summed E-state index contributed by atoms with van der Waals surface area (Å²) in [6.45, 7) is 1.05. The molecule has 1 aliphatic rings. The molecule has 7 heteroatoms. The Morgan fingerprint density at radius 1 is 1.26 bits per heavy atom. The SMILES string of the molecule is O=S(=O)(NC1(CCl)CCOCC1)c1ccc(Br)cc1. The van der Waals surface area contributed by atoms with Crippen molar-refractivity contribution in [1.29, 1.82) is 0 Å². The molecule has 0 amide bonds. The smallest absolute Gasteiger partial charge is 0.241 e. The number of alkyl halides is 1. The van der Waals surface area contributed by atoms with Gasteiger partial charge in [-0.2, -0.15) is 0 Å². The molecule has 1 saturated heterocycles. The highest BCUT2D eigenvalue weighted by Gasteiger charge is 2.36. The van der Waals surface area contributed by atoms with Crippen LogP contribution in [0.1, 0.15) is 12.8 Å². The van der Waals surface area contributed by atoms with Gasteiger partial charge in [0.15, 0.2) is 0 Å². The normalized spacial score (nSPS) is 19.3. The highest BCUT2D eigenvalue weighted by atomic mass is 79.9. The molecule has 0 unspecified atom stereocenters. The van der Waals surface area contributed by atoms with Crippen molar-refractivity contribution in [2.24, 2.45) is 0 Å². The second kappa shape index (κ2) is 6.10. The zero-order chi connectivity index (χ0) is 13.9. The highest BCUT2D eigenvalue weighted by Crippen LogP contribution is 2.25. The number of ether oxygens (including phenoxy) is 1. The summed E-state index contributed by atoms with van der Waals surface area (Å²) in [4.78, 5) is 0.242. The predicted octanol–water partition coefficient (Wildman–Crippen LogP) is 2.52. The Balaban J connectivity index is 2.22. The Morgan fingerprint density at radius 3 is 2.37 bits per heavy atom. The fourth-order valence-corrected chi connectivity index (χ4v) is 4.12. The number of halogens is 2. The minimum Gasteiger partial charge on any atom is -0.381 e. The Labute approximate surface area is 126 Å². The Kier molecular flexibility index (Phi) is 4.89. The molecule has 1 heterocycles. The van der Waals surface area contributed by atoms with Crippen molar-refractivity contribution in [2.45, 2.75) is 23.3 Å². The number of sulfonamides is 1. The van der Waals surface area contributed by atoms with E-state index in [4.69, 9.17) is 16.3 Å². The monoisotopic (exact) mass is 367 g/mol. The van der Waals surface area contributed by atoms with Crippen LogP contribution in [-0.2, 0) is 14.8 Å². The summed E-state index contributed by atoms with van der Waals surface area (Å²) in [5.41, 5.74) is -0.605. The van der Waals surface area contributed by atoms with Crippen molar-refractivity contribution in [1.82, 2.24) is 4.72 Å². The molecular formula is C12H15BrClNO3S. The quantitative estimate of drug-likeness (QED) is 0.831. The summed E-state index contributed by atoms with van der Waals surface area (Å²) >= 11 is 9.25. The molecule has 2 rings (SSSR count). The lowest BCUT2D eigenvalue weighted by atomic mass is 9.94. The first kappa shape index (κ1) is 15.3. The van der Waals surface area contributed by atoms with E-state index in [-0.39, 0.29) is 10.8 Å². The summed E-state index contributed by atoms with van der Waals surface area (Å²) in [7, 11) is -3.56. The molecule has 1 fully saturated rings. The zero-order valence-corrected chi connectivity index (χ0v) is 13.4. The predicted molar refractivity (Wildman–Crippen MR) is 78.0 cm³/mol. The fraction of sp³-hybridized carbons (Fsp3) is 0.500. The summed E-state index contributed by atoms with van der Waals surface area (Å²) in [6.07, 6.45) is 1.18. The second-order valence-corrected chi connectivity index (χ2v) is 7.45. The van der Waals surface area contributed by atoms with Crippen molar-refractivity contribution in [3.05, 3.63) is 28.7 Å². The maximum atomic E-state index is 12.3. The van der Waals surface area contributed by atoms with Gasteiger partial charge >= 0.3 is 0 Å². The maximum absolute atomic E-state index is 12.3. The first-order valence-corrected chi connectivity index (χ1v) is 8.72. The van der Waals surface area contributed by atoms with Crippen molar-refractivity contribution in [3.63, 3.8) is 0 Å². The van der Waals surface area contributed by atoms with Gasteiger partial charge in [0.1, 0.15) is 0 Å². The van der Waals surface area contributed by atoms with Gasteiger partial charge in [0, 0.05) is 23.6 Å². The number of nitrogens with one attached hydrogen (secondary N) is 1. The van der Waals surface area contributed by atoms with Crippen molar-refractivity contribution >= 4 is 37.6 Å². The Hall–Kier alpha value is -0.140. The standard InChI is InChI=1S/C12H15BrClNO3S/c13-10-1-3-11(4-2-10)19(16,17)15-12(9-14)5-7-18-8-6-12/h1-4,15H,5-9H2. The molecule has 1 aromatic rings. The van der Waals surface area contributed by atoms with E-state index in [0.29, 0.717) is 26.1 Å². The largest absolute Gasteiger partial charge is 0.381 e. The molecule has 0 atom stereocenters. The van der Waals surface area contributed by atoms with Gasteiger partial charge in [-0.3, -0.25) is 0 Å². The lowest BCUT2D eigenvalue weighted by molar-refractivity contribution is 0.0549. The highest BCUT2D eigenvalue weighted by molar-refractivity contribution is 9.10. The molecule has 1 N–H and O–H groups in total. The van der Waals surface area contributed by atoms with Crippen LogP contribution >= 0.6 is 27.5 Å². The molecule has 0 saturated carbocycles. The van der Waals surface area contributed by atoms with E-state index in [1.807, 2.05) is 0 Å². The molecule has 0 radical (unpaired) electrons. The second-order valence-electron chi connectivity index (χ2n) is 4.59. The third-order valence-corrected chi connectivity index (χ3v) is 5.82. The lowest BCUT2D eigenvalue weighted by Gasteiger charge is -2.35. The van der Waals surface area contributed by atoms with E-state index >= 15 is 0 Å². The number of rotatable bonds is 4. The van der Waals surface area contributed by atoms with Gasteiger partial charge < -0.3 is 4.74 Å². The number of hydrogen-bond donors (Lipinski definition) is 1. The average Bonchev–Trinajstić information content (AvgIpc) is 2.40. The third-order valence-electron chi connectivity index (χ3n) is 3.18. The minimum absolute atomic E-state index is 0.242. The molecule has 19 heavy (non-hydrogen) atoms. The van der Waals surface area contributed by atoms with Gasteiger partial charge in [0.25, 0.3) is 0 Å². The van der Waals surface area contributed by atoms with Crippen LogP contribution < -0.4 is 4.72 Å². The zero-order valence-electron chi connectivity index (χ0n) is 10.2. The van der Waals surface area contributed by atoms with Gasteiger partial charge in [-0.1, -0.05) is 15.9 Å². The van der Waals surface area contributed by atoms with Crippen molar-refractivity contribution in [3.8, 4) is 0 Å². The van der Waals surface area contributed by atoms with Crippen molar-refractivity contribution < 1.29 is 13.2 Å². The minimum atomic E-state index is -3.56. The Morgan fingerprint density at radius 2 is 1.84 bits per heavy atom. The number of benzene rings is 1. The van der Waals surface area contributed by atoms with E-state index in [0.717, 1.165) is 4.47 Å². The van der Waals surface area contributed by atoms with E-state index in [9.17, 15) is 8.42 Å².